The number of thiophene rings is 4. The highest BCUT2D eigenvalue weighted by molar-refractivity contribution is 7.10. The van der Waals surface area contributed by atoms with Gasteiger partial charge in [-0.2, -0.15) is 0 Å². The van der Waals surface area contributed by atoms with Crippen molar-refractivity contribution in [1.82, 2.24) is 31.1 Å². The van der Waals surface area contributed by atoms with Crippen molar-refractivity contribution in [3.63, 3.8) is 0 Å². The van der Waals surface area contributed by atoms with E-state index in [1.165, 1.54) is 59.9 Å². The summed E-state index contributed by atoms with van der Waals surface area (Å²) in [7, 11) is 2.42. The topological polar surface area (TPSA) is 399 Å². The number of rotatable bonds is 25. The maximum absolute atomic E-state index is 13.4. The van der Waals surface area contributed by atoms with E-state index in [1.54, 1.807) is 116 Å². The molecule has 6 aromatic rings. The van der Waals surface area contributed by atoms with E-state index in [0.29, 0.717) is 58.5 Å². The van der Waals surface area contributed by atoms with E-state index in [1.807, 2.05) is 70.1 Å². The number of carboxylic acid groups (broad SMARTS) is 2. The molecule has 10 heterocycles. The van der Waals surface area contributed by atoms with Gasteiger partial charge >= 0.3 is 23.9 Å². The smallest absolute Gasteiger partial charge is 0.338 e. The molecule has 6 amide bonds. The van der Waals surface area contributed by atoms with Crippen LogP contribution in [0.4, 0.5) is 8.78 Å². The number of esters is 2. The first kappa shape index (κ1) is 90.9. The van der Waals surface area contributed by atoms with Crippen LogP contribution in [-0.4, -0.2) is 227 Å². The number of carbonyl (C=O) groups excluding carboxylic acids is 8. The van der Waals surface area contributed by atoms with Gasteiger partial charge < -0.3 is 98.9 Å². The number of hydrogen-bond donors (Lipinski definition) is 8. The van der Waals surface area contributed by atoms with Crippen LogP contribution >= 0.6 is 45.3 Å². The first-order chi connectivity index (χ1) is 54.0. The SMILES string of the molecule is CC1(C)O[C@@H](C(=O)NCCc2cccs2)[C@H](C(=O)N2CCC[C@@H]2c2ccc(F)cc2)O1.CC1(C)O[C@@H](C(=O)O)[C@H](C(=O)NCCc2cccs2)O1.COC(=O)[C@@H]1OC(C)(C)O[C@H]1C(=O)NCCc1cccs1.COC(=O)[C@@H]1OC(C)(C)O[C@H]1C(=O)O.O=C(NCCc1cccs1)[C@H](O)[C@@H](O)C(=O)N1CCC[C@@H]1c1ccc(F)cc1. The fraction of sp³-hybridized carbons (Fsp3) is 0.513. The number of carboxylic acids is 2. The average molecular weight is 1670 g/mol. The minimum Gasteiger partial charge on any atom is -0.479 e. The van der Waals surface area contributed by atoms with Gasteiger partial charge in [0.2, 0.25) is 0 Å². The summed E-state index contributed by atoms with van der Waals surface area (Å²) >= 11 is 6.44. The molecule has 6 fully saturated rings. The molecule has 0 spiro atoms. The van der Waals surface area contributed by atoms with Crippen LogP contribution < -0.4 is 21.3 Å². The highest BCUT2D eigenvalue weighted by Crippen LogP contribution is 2.38. The Morgan fingerprint density at radius 2 is 0.728 bits per heavy atom. The van der Waals surface area contributed by atoms with Crippen molar-refractivity contribution in [3.05, 3.63) is 161 Å². The van der Waals surface area contributed by atoms with Gasteiger partial charge in [0, 0.05) is 58.8 Å². The first-order valence-electron chi connectivity index (χ1n) is 36.7. The fourth-order valence-electron chi connectivity index (χ4n) is 12.9. The number of aliphatic hydroxyl groups excluding tert-OH is 2. The van der Waals surface area contributed by atoms with Crippen LogP contribution in [0.1, 0.15) is 124 Å². The second-order valence-corrected chi connectivity index (χ2v) is 32.6. The number of hydrogen-bond acceptors (Lipinski definition) is 26. The minimum atomic E-state index is -1.84. The van der Waals surface area contributed by atoms with Gasteiger partial charge in [-0.15, -0.1) is 45.3 Å². The lowest BCUT2D eigenvalue weighted by Crippen LogP contribution is -2.50. The van der Waals surface area contributed by atoms with E-state index in [0.717, 1.165) is 60.1 Å². The summed E-state index contributed by atoms with van der Waals surface area (Å²) in [5.41, 5.74) is 1.64. The third kappa shape index (κ3) is 26.2. The van der Waals surface area contributed by atoms with Crippen LogP contribution in [-0.2, 0) is 121 Å². The molecular formula is C78H98F2N6O24S4. The highest BCUT2D eigenvalue weighted by atomic mass is 32.1. The van der Waals surface area contributed by atoms with Crippen LogP contribution in [0, 0.1) is 11.6 Å². The molecule has 0 bridgehead atoms. The summed E-state index contributed by atoms with van der Waals surface area (Å²) in [5, 5.41) is 56.9. The standard InChI is InChI=1S/C23H27FN2O4S.C20H23FN2O4S.C14H19NO5S.C13H17NO5S.C8H12O6/c1-23(2)29-19(21(27)25-12-11-17-5-4-14-31-17)20(30-23)22(28)26-13-3-6-18(26)15-7-9-16(24)10-8-15;21-14-7-5-13(6-8-14)16-4-1-11-23(16)20(27)18(25)17(24)19(26)22-10-9-15-3-2-12-28-15;1-14(2)19-10(11(20-14)13(17)18-3)12(16)15-7-6-9-5-4-8-21-9;1-13(2)18-9(10(19-13)12(16)17)11(15)14-6-5-8-4-3-7-20-8;1-8(2)13-4(6(9)10)5(14-8)7(11)12-3/h4-5,7-10,14,18-20H,3,6,11-13H2,1-2H3,(H,25,27);2-3,5-8,12,16-18,24-25H,1,4,9-11H2,(H,22,26);4-5,8,10-11H,6-7H2,1-3H3,(H,15,16);3-4,7,9-10H,5-6H2,1-2H3,(H,14,15)(H,16,17);4-5H,1-3H3,(H,9,10)/t18-,19-,20-;16-,17-,18-;10-,11-;9-,10-;4-,5-/m11111/s1. The molecule has 2 aromatic carbocycles. The Morgan fingerprint density at radius 1 is 0.430 bits per heavy atom. The molecule has 12 rings (SSSR count). The molecule has 36 heteroatoms. The summed E-state index contributed by atoms with van der Waals surface area (Å²) < 4.78 is 78.9. The number of amides is 6. The summed E-state index contributed by atoms with van der Waals surface area (Å²) in [5.74, 6) is -11.6. The lowest BCUT2D eigenvalue weighted by molar-refractivity contribution is -0.170. The quantitative estimate of drug-likeness (QED) is 0.0269. The van der Waals surface area contributed by atoms with Gasteiger partial charge in [0.15, 0.2) is 84.2 Å². The van der Waals surface area contributed by atoms with E-state index in [2.05, 4.69) is 30.7 Å². The zero-order chi connectivity index (χ0) is 83.2. The van der Waals surface area contributed by atoms with Crippen molar-refractivity contribution < 1.29 is 125 Å². The van der Waals surface area contributed by atoms with Gasteiger partial charge in [-0.1, -0.05) is 48.5 Å². The minimum absolute atomic E-state index is 0.164. The molecule has 6 aliphatic heterocycles. The van der Waals surface area contributed by atoms with Gasteiger partial charge in [-0.3, -0.25) is 28.8 Å². The number of nitrogens with zero attached hydrogens (tertiary/aromatic N) is 2. The van der Waals surface area contributed by atoms with Crippen molar-refractivity contribution in [1.29, 1.82) is 0 Å². The number of halogens is 2. The third-order valence-electron chi connectivity index (χ3n) is 18.2. The van der Waals surface area contributed by atoms with E-state index < -0.39 is 126 Å². The van der Waals surface area contributed by atoms with E-state index in [4.69, 9.17) is 48.1 Å². The fourth-order valence-corrected chi connectivity index (χ4v) is 15.8. The zero-order valence-corrected chi connectivity index (χ0v) is 67.9. The number of likely N-dealkylation sites (tertiary alicyclic amines) is 2. The van der Waals surface area contributed by atoms with Crippen LogP contribution in [0.2, 0.25) is 0 Å². The number of aliphatic carboxylic acids is 2. The van der Waals surface area contributed by atoms with Gasteiger partial charge in [-0.25, -0.2) is 28.0 Å². The predicted molar refractivity (Wildman–Crippen MR) is 411 cm³/mol. The molecule has 30 nitrogen and oxygen atoms in total. The van der Waals surface area contributed by atoms with Crippen LogP contribution in [0.3, 0.4) is 0 Å². The molecular weight excluding hydrogens is 1570 g/mol. The van der Waals surface area contributed by atoms with Gasteiger partial charge in [0.25, 0.3) is 35.4 Å². The van der Waals surface area contributed by atoms with E-state index in [-0.39, 0.29) is 41.4 Å². The number of nitrogens with one attached hydrogen (secondary N) is 4. The maximum Gasteiger partial charge on any atom is 0.338 e. The first-order valence-corrected chi connectivity index (χ1v) is 40.2. The Hall–Kier alpha value is -8.60. The van der Waals surface area contributed by atoms with Gasteiger partial charge in [0.1, 0.15) is 11.6 Å². The molecule has 0 aliphatic carbocycles. The molecule has 4 aromatic heterocycles. The van der Waals surface area contributed by atoms with Crippen LogP contribution in [0.15, 0.2) is 119 Å². The lowest BCUT2D eigenvalue weighted by Gasteiger charge is -2.28. The van der Waals surface area contributed by atoms with E-state index >= 15 is 0 Å². The van der Waals surface area contributed by atoms with Crippen molar-refractivity contribution in [2.45, 2.75) is 203 Å². The van der Waals surface area contributed by atoms with Crippen molar-refractivity contribution >= 4 is 105 Å². The maximum atomic E-state index is 13.4. The summed E-state index contributed by atoms with van der Waals surface area (Å²) in [6.07, 6.45) is -6.85. The number of carbonyl (C=O) groups is 10. The Balaban J connectivity index is 0.000000183. The normalized spacial score (nSPS) is 23.7. The summed E-state index contributed by atoms with van der Waals surface area (Å²) in [6, 6.07) is 27.3. The predicted octanol–water partition coefficient (Wildman–Crippen LogP) is 6.94. The number of aliphatic hydroxyl groups is 2. The molecule has 6 aliphatic rings. The van der Waals surface area contributed by atoms with Gasteiger partial charge in [0.05, 0.1) is 26.3 Å². The molecule has 0 unspecified atom stereocenters. The Bertz CT molecular complexity index is 4140. The summed E-state index contributed by atoms with van der Waals surface area (Å²) in [4.78, 5) is 128. The molecule has 0 radical (unpaired) electrons. The monoisotopic (exact) mass is 1670 g/mol. The van der Waals surface area contributed by atoms with Crippen LogP contribution in [0.5, 0.6) is 0 Å². The molecule has 0 saturated carbocycles. The van der Waals surface area contributed by atoms with Crippen molar-refractivity contribution in [2.24, 2.45) is 0 Å². The number of methoxy groups -OCH3 is 2. The van der Waals surface area contributed by atoms with Crippen molar-refractivity contribution in [2.75, 3.05) is 53.5 Å². The Morgan fingerprint density at radius 3 is 1.08 bits per heavy atom. The molecule has 114 heavy (non-hydrogen) atoms. The van der Waals surface area contributed by atoms with Gasteiger partial charge in [-0.05, 0) is 188 Å². The van der Waals surface area contributed by atoms with E-state index in [9.17, 15) is 66.9 Å². The average Bonchev–Trinajstić information content (AvgIpc) is 1.62. The molecule has 8 N–H and O–H groups in total. The molecule has 622 valence electrons. The lowest BCUT2D eigenvalue weighted by atomic mass is 10.0. The third-order valence-corrected chi connectivity index (χ3v) is 21.9. The Kier molecular flexibility index (Phi) is 33.3. The van der Waals surface area contributed by atoms with Crippen LogP contribution in [0.25, 0.3) is 0 Å². The zero-order valence-electron chi connectivity index (χ0n) is 64.6. The second kappa shape index (κ2) is 41.8. The summed E-state index contributed by atoms with van der Waals surface area (Å²) in [6.45, 7) is 15.6. The highest BCUT2D eigenvalue weighted by Gasteiger charge is 2.54. The Labute approximate surface area is 673 Å². The largest absolute Gasteiger partial charge is 0.479 e. The number of ether oxygens (including phenoxy) is 10. The second-order valence-electron chi connectivity index (χ2n) is 28.5. The molecule has 12 atom stereocenters. The molecule has 6 saturated heterocycles. The number of benzene rings is 2. The van der Waals surface area contributed by atoms with Crippen molar-refractivity contribution in [3.8, 4) is 0 Å².